The summed E-state index contributed by atoms with van der Waals surface area (Å²) in [5.74, 6) is 0.863. The number of nitrogens with one attached hydrogen (secondary N) is 1. The van der Waals surface area contributed by atoms with Gasteiger partial charge in [-0.15, -0.1) is 0 Å². The zero-order valence-electron chi connectivity index (χ0n) is 12.8. The number of rotatable bonds is 3. The zero-order valence-corrected chi connectivity index (χ0v) is 12.8. The Labute approximate surface area is 130 Å². The molecule has 1 fully saturated rings. The lowest BCUT2D eigenvalue weighted by molar-refractivity contribution is 0.454. The lowest BCUT2D eigenvalue weighted by Gasteiger charge is -2.23. The lowest BCUT2D eigenvalue weighted by atomic mass is 9.94. The van der Waals surface area contributed by atoms with Crippen LogP contribution in [0.5, 0.6) is 5.75 Å². The van der Waals surface area contributed by atoms with E-state index in [1.165, 1.54) is 0 Å². The van der Waals surface area contributed by atoms with Gasteiger partial charge >= 0.3 is 0 Å². The summed E-state index contributed by atoms with van der Waals surface area (Å²) in [5.41, 5.74) is 9.42. The second kappa shape index (κ2) is 6.32. The minimum atomic E-state index is 0.241. The van der Waals surface area contributed by atoms with E-state index in [0.717, 1.165) is 49.2 Å². The van der Waals surface area contributed by atoms with Crippen LogP contribution in [0.1, 0.15) is 36.9 Å². The van der Waals surface area contributed by atoms with E-state index in [0.29, 0.717) is 11.6 Å². The average Bonchev–Trinajstić information content (AvgIpc) is 2.54. The van der Waals surface area contributed by atoms with Gasteiger partial charge in [0.1, 0.15) is 5.75 Å². The summed E-state index contributed by atoms with van der Waals surface area (Å²) in [6.45, 7) is 4.04. The molecule has 1 aliphatic rings. The Balaban J connectivity index is 2.06. The molecular weight excluding hydrogens is 276 g/mol. The minimum absolute atomic E-state index is 0.241. The highest BCUT2D eigenvalue weighted by atomic mass is 16.3. The third-order valence-corrected chi connectivity index (χ3v) is 4.24. The summed E-state index contributed by atoms with van der Waals surface area (Å²) in [6, 6.07) is 7.53. The van der Waals surface area contributed by atoms with Crippen LogP contribution in [-0.2, 0) is 6.42 Å². The van der Waals surface area contributed by atoms with Crippen molar-refractivity contribution in [2.75, 3.05) is 18.8 Å². The van der Waals surface area contributed by atoms with Crippen LogP contribution in [0.25, 0.3) is 11.3 Å². The molecule has 1 atom stereocenters. The number of aromatic nitrogens is 2. The van der Waals surface area contributed by atoms with E-state index < -0.39 is 0 Å². The number of hydrogen-bond acceptors (Lipinski definition) is 5. The van der Waals surface area contributed by atoms with Crippen LogP contribution in [0.15, 0.2) is 24.3 Å². The predicted molar refractivity (Wildman–Crippen MR) is 87.8 cm³/mol. The number of piperidine rings is 1. The van der Waals surface area contributed by atoms with Gasteiger partial charge in [0.2, 0.25) is 5.95 Å². The van der Waals surface area contributed by atoms with Gasteiger partial charge in [0.25, 0.3) is 0 Å². The van der Waals surface area contributed by atoms with Crippen LogP contribution < -0.4 is 11.1 Å². The van der Waals surface area contributed by atoms with E-state index in [1.807, 2.05) is 18.2 Å². The van der Waals surface area contributed by atoms with Gasteiger partial charge in [0, 0.05) is 18.0 Å². The van der Waals surface area contributed by atoms with Crippen molar-refractivity contribution < 1.29 is 5.11 Å². The molecule has 4 N–H and O–H groups in total. The Morgan fingerprint density at radius 3 is 2.95 bits per heavy atom. The smallest absolute Gasteiger partial charge is 0.220 e. The van der Waals surface area contributed by atoms with Gasteiger partial charge in [0.05, 0.1) is 11.4 Å². The van der Waals surface area contributed by atoms with Crippen molar-refractivity contribution in [3.05, 3.63) is 35.5 Å². The number of hydrogen-bond donors (Lipinski definition) is 3. The first-order valence-electron chi connectivity index (χ1n) is 7.85. The summed E-state index contributed by atoms with van der Waals surface area (Å²) in [7, 11) is 0. The van der Waals surface area contributed by atoms with Crippen molar-refractivity contribution in [1.29, 1.82) is 0 Å². The number of aryl methyl sites for hydroxylation is 1. The molecule has 2 heterocycles. The van der Waals surface area contributed by atoms with Crippen molar-refractivity contribution in [3.8, 4) is 17.0 Å². The van der Waals surface area contributed by atoms with Gasteiger partial charge in [-0.3, -0.25) is 0 Å². The van der Waals surface area contributed by atoms with E-state index in [-0.39, 0.29) is 11.7 Å². The first-order valence-corrected chi connectivity index (χ1v) is 7.85. The van der Waals surface area contributed by atoms with E-state index in [1.54, 1.807) is 6.07 Å². The summed E-state index contributed by atoms with van der Waals surface area (Å²) in [5, 5.41) is 13.6. The second-order valence-corrected chi connectivity index (χ2v) is 5.74. The van der Waals surface area contributed by atoms with Crippen LogP contribution in [0.3, 0.4) is 0 Å². The van der Waals surface area contributed by atoms with Crippen LogP contribution in [0.2, 0.25) is 0 Å². The molecular formula is C17H22N4O. The maximum absolute atomic E-state index is 10.3. The Morgan fingerprint density at radius 2 is 2.23 bits per heavy atom. The Hall–Kier alpha value is -2.14. The monoisotopic (exact) mass is 298 g/mol. The molecule has 1 aliphatic heterocycles. The van der Waals surface area contributed by atoms with Crippen molar-refractivity contribution in [3.63, 3.8) is 0 Å². The van der Waals surface area contributed by atoms with Gasteiger partial charge in [0.15, 0.2) is 0 Å². The molecule has 116 valence electrons. The largest absolute Gasteiger partial charge is 0.507 e. The fourth-order valence-corrected chi connectivity index (χ4v) is 3.10. The second-order valence-electron chi connectivity index (χ2n) is 5.74. The van der Waals surface area contributed by atoms with Crippen LogP contribution >= 0.6 is 0 Å². The fraction of sp³-hybridized carbons (Fsp3) is 0.412. The molecule has 22 heavy (non-hydrogen) atoms. The van der Waals surface area contributed by atoms with Gasteiger partial charge in [-0.05, 0) is 43.5 Å². The molecule has 0 saturated carbocycles. The normalized spacial score (nSPS) is 18.3. The molecule has 5 heteroatoms. The Morgan fingerprint density at radius 1 is 1.36 bits per heavy atom. The first-order chi connectivity index (χ1) is 10.7. The molecule has 0 spiro atoms. The lowest BCUT2D eigenvalue weighted by Crippen LogP contribution is -2.29. The third-order valence-electron chi connectivity index (χ3n) is 4.24. The number of anilines is 1. The third kappa shape index (κ3) is 2.90. The van der Waals surface area contributed by atoms with E-state index in [9.17, 15) is 5.11 Å². The SMILES string of the molecule is CCc1cccc(O)c1-c1cc(C2CCCNC2)nc(N)n1. The molecule has 5 nitrogen and oxygen atoms in total. The zero-order chi connectivity index (χ0) is 15.5. The average molecular weight is 298 g/mol. The predicted octanol–water partition coefficient (Wildman–Crippen LogP) is 2.46. The van der Waals surface area contributed by atoms with Crippen molar-refractivity contribution in [2.24, 2.45) is 0 Å². The number of benzene rings is 1. The number of nitrogens with two attached hydrogens (primary N) is 1. The molecule has 0 amide bonds. The standard InChI is InChI=1S/C17H22N4O/c1-2-11-5-3-7-15(22)16(11)14-9-13(20-17(18)21-14)12-6-4-8-19-10-12/h3,5,7,9,12,19,22H,2,4,6,8,10H2,1H3,(H2,18,20,21). The Kier molecular flexibility index (Phi) is 4.24. The molecule has 0 aliphatic carbocycles. The maximum Gasteiger partial charge on any atom is 0.220 e. The highest BCUT2D eigenvalue weighted by molar-refractivity contribution is 5.71. The number of phenols is 1. The molecule has 1 saturated heterocycles. The van der Waals surface area contributed by atoms with Crippen molar-refractivity contribution in [1.82, 2.24) is 15.3 Å². The van der Waals surface area contributed by atoms with Gasteiger partial charge in [-0.2, -0.15) is 0 Å². The van der Waals surface area contributed by atoms with Gasteiger partial charge in [-0.25, -0.2) is 9.97 Å². The van der Waals surface area contributed by atoms with Crippen molar-refractivity contribution >= 4 is 5.95 Å². The molecule has 1 aromatic heterocycles. The van der Waals surface area contributed by atoms with Crippen molar-refractivity contribution in [2.45, 2.75) is 32.1 Å². The molecule has 1 unspecified atom stereocenters. The molecule has 0 bridgehead atoms. The van der Waals surface area contributed by atoms with Crippen LogP contribution in [0.4, 0.5) is 5.95 Å². The summed E-state index contributed by atoms with van der Waals surface area (Å²) in [6.07, 6.45) is 3.07. The highest BCUT2D eigenvalue weighted by Gasteiger charge is 2.20. The Bertz CT molecular complexity index is 666. The molecule has 2 aromatic rings. The van der Waals surface area contributed by atoms with Gasteiger partial charge < -0.3 is 16.2 Å². The maximum atomic E-state index is 10.3. The fourth-order valence-electron chi connectivity index (χ4n) is 3.10. The highest BCUT2D eigenvalue weighted by Crippen LogP contribution is 2.34. The molecule has 0 radical (unpaired) electrons. The first kappa shape index (κ1) is 14.8. The topological polar surface area (TPSA) is 84.1 Å². The summed E-state index contributed by atoms with van der Waals surface area (Å²) < 4.78 is 0. The van der Waals surface area contributed by atoms with E-state index in [4.69, 9.17) is 5.73 Å². The number of nitrogen functional groups attached to an aromatic ring is 1. The minimum Gasteiger partial charge on any atom is -0.507 e. The van der Waals surface area contributed by atoms with Gasteiger partial charge in [-0.1, -0.05) is 19.1 Å². The van der Waals surface area contributed by atoms with E-state index >= 15 is 0 Å². The summed E-state index contributed by atoms with van der Waals surface area (Å²) in [4.78, 5) is 8.77. The molecule has 1 aromatic carbocycles. The van der Waals surface area contributed by atoms with Crippen LogP contribution in [0, 0.1) is 0 Å². The van der Waals surface area contributed by atoms with E-state index in [2.05, 4.69) is 22.2 Å². The number of nitrogens with zero attached hydrogens (tertiary/aromatic N) is 2. The summed E-state index contributed by atoms with van der Waals surface area (Å²) >= 11 is 0. The number of aromatic hydroxyl groups is 1. The van der Waals surface area contributed by atoms with Crippen LogP contribution in [-0.4, -0.2) is 28.2 Å². The number of phenolic OH excluding ortho intramolecular Hbond substituents is 1. The quantitative estimate of drug-likeness (QED) is 0.810. The molecule has 3 rings (SSSR count).